The van der Waals surface area contributed by atoms with Crippen LogP contribution in [0.25, 0.3) is 0 Å². The Labute approximate surface area is 101 Å². The molecule has 0 saturated heterocycles. The third-order valence-corrected chi connectivity index (χ3v) is 2.97. The van der Waals surface area contributed by atoms with Crippen molar-refractivity contribution in [3.8, 4) is 0 Å². The first kappa shape index (κ1) is 12.5. The Kier molecular flexibility index (Phi) is 4.45. The minimum Gasteiger partial charge on any atom is -0.380 e. The lowest BCUT2D eigenvalue weighted by molar-refractivity contribution is 0.124. The molecule has 17 heavy (non-hydrogen) atoms. The van der Waals surface area contributed by atoms with Crippen molar-refractivity contribution in [1.29, 1.82) is 0 Å². The second kappa shape index (κ2) is 6.07. The van der Waals surface area contributed by atoms with Crippen LogP contribution in [0.5, 0.6) is 0 Å². The lowest BCUT2D eigenvalue weighted by atomic mass is 10.1. The van der Waals surface area contributed by atoms with Crippen molar-refractivity contribution in [1.82, 2.24) is 10.3 Å². The lowest BCUT2D eigenvalue weighted by Crippen LogP contribution is -2.23. The van der Waals surface area contributed by atoms with E-state index in [0.717, 1.165) is 24.6 Å². The summed E-state index contributed by atoms with van der Waals surface area (Å²) in [7, 11) is 0. The second-order valence-corrected chi connectivity index (χ2v) is 4.63. The summed E-state index contributed by atoms with van der Waals surface area (Å²) in [5.74, 6) is 0.515. The second-order valence-electron chi connectivity index (χ2n) is 4.63. The average Bonchev–Trinajstić information content (AvgIpc) is 3.12. The van der Waals surface area contributed by atoms with E-state index in [9.17, 15) is 4.39 Å². The van der Waals surface area contributed by atoms with Crippen LogP contribution >= 0.6 is 0 Å². The van der Waals surface area contributed by atoms with Crippen molar-refractivity contribution >= 4 is 0 Å². The zero-order valence-electron chi connectivity index (χ0n) is 10.2. The third-order valence-electron chi connectivity index (χ3n) is 2.97. The molecule has 0 aliphatic heterocycles. The molecule has 3 nitrogen and oxygen atoms in total. The van der Waals surface area contributed by atoms with Gasteiger partial charge in [0, 0.05) is 25.4 Å². The van der Waals surface area contributed by atoms with Crippen LogP contribution < -0.4 is 5.32 Å². The molecule has 0 amide bonds. The van der Waals surface area contributed by atoms with Crippen LogP contribution in [0.2, 0.25) is 0 Å². The largest absolute Gasteiger partial charge is 0.380 e. The summed E-state index contributed by atoms with van der Waals surface area (Å²) < 4.78 is 18.5. The maximum atomic E-state index is 13.0. The standard InChI is InChI=1S/C13H19FN2O/c1-10(12-6-13(14)8-15-7-12)16-4-5-17-9-11-2-3-11/h6-8,10-11,16H,2-5,9H2,1H3. The average molecular weight is 238 g/mol. The zero-order valence-corrected chi connectivity index (χ0v) is 10.2. The summed E-state index contributed by atoms with van der Waals surface area (Å²) in [6.45, 7) is 4.38. The summed E-state index contributed by atoms with van der Waals surface area (Å²) in [4.78, 5) is 3.83. The number of hydrogen-bond donors (Lipinski definition) is 1. The van der Waals surface area contributed by atoms with Crippen LogP contribution in [-0.2, 0) is 4.74 Å². The molecule has 1 aliphatic rings. The SMILES string of the molecule is CC(NCCOCC1CC1)c1cncc(F)c1. The normalized spacial score (nSPS) is 17.1. The molecule has 1 unspecified atom stereocenters. The van der Waals surface area contributed by atoms with Crippen molar-refractivity contribution in [2.45, 2.75) is 25.8 Å². The third kappa shape index (κ3) is 4.40. The number of pyridine rings is 1. The quantitative estimate of drug-likeness (QED) is 0.740. The summed E-state index contributed by atoms with van der Waals surface area (Å²) in [5, 5.41) is 3.29. The fourth-order valence-corrected chi connectivity index (χ4v) is 1.67. The Bertz CT molecular complexity index is 355. The van der Waals surface area contributed by atoms with Gasteiger partial charge in [-0.05, 0) is 37.3 Å². The van der Waals surface area contributed by atoms with Crippen molar-refractivity contribution < 1.29 is 9.13 Å². The lowest BCUT2D eigenvalue weighted by Gasteiger charge is -2.13. The van der Waals surface area contributed by atoms with Gasteiger partial charge in [0.2, 0.25) is 0 Å². The fourth-order valence-electron chi connectivity index (χ4n) is 1.67. The number of nitrogens with one attached hydrogen (secondary N) is 1. The van der Waals surface area contributed by atoms with Crippen LogP contribution in [0.1, 0.15) is 31.4 Å². The summed E-state index contributed by atoms with van der Waals surface area (Å²) >= 11 is 0. The summed E-state index contributed by atoms with van der Waals surface area (Å²) in [5.41, 5.74) is 0.868. The van der Waals surface area contributed by atoms with Gasteiger partial charge in [-0.25, -0.2) is 4.39 Å². The first-order valence-electron chi connectivity index (χ1n) is 6.17. The molecule has 1 saturated carbocycles. The van der Waals surface area contributed by atoms with Crippen LogP contribution in [0.15, 0.2) is 18.5 Å². The number of hydrogen-bond acceptors (Lipinski definition) is 3. The minimum absolute atomic E-state index is 0.0997. The van der Waals surface area contributed by atoms with Gasteiger partial charge in [-0.2, -0.15) is 0 Å². The molecule has 94 valence electrons. The highest BCUT2D eigenvalue weighted by Crippen LogP contribution is 2.28. The Morgan fingerprint density at radius 3 is 3.06 bits per heavy atom. The number of ether oxygens (including phenoxy) is 1. The van der Waals surface area contributed by atoms with E-state index in [0.29, 0.717) is 6.61 Å². The van der Waals surface area contributed by atoms with Gasteiger partial charge < -0.3 is 10.1 Å². The van der Waals surface area contributed by atoms with Crippen molar-refractivity contribution in [2.75, 3.05) is 19.8 Å². The van der Waals surface area contributed by atoms with Crippen LogP contribution in [0, 0.1) is 11.7 Å². The van der Waals surface area contributed by atoms with E-state index >= 15 is 0 Å². The predicted octanol–water partition coefficient (Wildman–Crippen LogP) is 2.30. The molecule has 1 aromatic heterocycles. The molecule has 0 aromatic carbocycles. The molecule has 1 heterocycles. The molecule has 0 radical (unpaired) electrons. The van der Waals surface area contributed by atoms with E-state index in [2.05, 4.69) is 10.3 Å². The monoisotopic (exact) mass is 238 g/mol. The predicted molar refractivity (Wildman–Crippen MR) is 64.2 cm³/mol. The van der Waals surface area contributed by atoms with E-state index < -0.39 is 0 Å². The molecular formula is C13H19FN2O. The summed E-state index contributed by atoms with van der Waals surface area (Å²) in [6.07, 6.45) is 5.54. The van der Waals surface area contributed by atoms with E-state index in [1.54, 1.807) is 6.20 Å². The van der Waals surface area contributed by atoms with Gasteiger partial charge in [0.15, 0.2) is 0 Å². The van der Waals surface area contributed by atoms with Gasteiger partial charge in [0.05, 0.1) is 12.8 Å². The highest BCUT2D eigenvalue weighted by atomic mass is 19.1. The van der Waals surface area contributed by atoms with E-state index in [1.165, 1.54) is 25.1 Å². The number of rotatable bonds is 7. The van der Waals surface area contributed by atoms with E-state index in [-0.39, 0.29) is 11.9 Å². The first-order valence-corrected chi connectivity index (χ1v) is 6.17. The van der Waals surface area contributed by atoms with Gasteiger partial charge in [-0.1, -0.05) is 0 Å². The molecule has 2 rings (SSSR count). The molecule has 1 aromatic rings. The Hall–Kier alpha value is -1.00. The van der Waals surface area contributed by atoms with E-state index in [1.807, 2.05) is 6.92 Å². The molecule has 1 fully saturated rings. The number of aromatic nitrogens is 1. The number of nitrogens with zero attached hydrogens (tertiary/aromatic N) is 1. The van der Waals surface area contributed by atoms with Gasteiger partial charge in [0.1, 0.15) is 5.82 Å². The minimum atomic E-state index is -0.291. The Morgan fingerprint density at radius 1 is 1.53 bits per heavy atom. The molecule has 1 atom stereocenters. The fraction of sp³-hybridized carbons (Fsp3) is 0.615. The smallest absolute Gasteiger partial charge is 0.141 e. The van der Waals surface area contributed by atoms with Crippen molar-refractivity contribution in [2.24, 2.45) is 5.92 Å². The first-order chi connectivity index (χ1) is 8.25. The maximum Gasteiger partial charge on any atom is 0.141 e. The molecule has 4 heteroatoms. The van der Waals surface area contributed by atoms with E-state index in [4.69, 9.17) is 4.74 Å². The van der Waals surface area contributed by atoms with Crippen LogP contribution in [-0.4, -0.2) is 24.7 Å². The van der Waals surface area contributed by atoms with Gasteiger partial charge in [0.25, 0.3) is 0 Å². The number of halogens is 1. The maximum absolute atomic E-state index is 13.0. The molecule has 0 spiro atoms. The van der Waals surface area contributed by atoms with Gasteiger partial charge >= 0.3 is 0 Å². The molecule has 1 N–H and O–H groups in total. The highest BCUT2D eigenvalue weighted by Gasteiger charge is 2.20. The Morgan fingerprint density at radius 2 is 2.35 bits per heavy atom. The van der Waals surface area contributed by atoms with Gasteiger partial charge in [-0.15, -0.1) is 0 Å². The molecule has 0 bridgehead atoms. The van der Waals surface area contributed by atoms with Crippen molar-refractivity contribution in [3.63, 3.8) is 0 Å². The topological polar surface area (TPSA) is 34.1 Å². The summed E-state index contributed by atoms with van der Waals surface area (Å²) in [6, 6.07) is 1.61. The van der Waals surface area contributed by atoms with Crippen molar-refractivity contribution in [3.05, 3.63) is 29.8 Å². The molecular weight excluding hydrogens is 219 g/mol. The van der Waals surface area contributed by atoms with Gasteiger partial charge in [-0.3, -0.25) is 4.98 Å². The molecule has 1 aliphatic carbocycles. The van der Waals surface area contributed by atoms with Crippen LogP contribution in [0.3, 0.4) is 0 Å². The van der Waals surface area contributed by atoms with Crippen LogP contribution in [0.4, 0.5) is 4.39 Å². The Balaban J connectivity index is 1.63. The highest BCUT2D eigenvalue weighted by molar-refractivity contribution is 5.14. The zero-order chi connectivity index (χ0) is 12.1.